The number of benzene rings is 2. The van der Waals surface area contributed by atoms with E-state index in [0.29, 0.717) is 54.2 Å². The zero-order valence-corrected chi connectivity index (χ0v) is 28.9. The number of para-hydroxylation sites is 1. The second-order valence-electron chi connectivity index (χ2n) is 14.3. The maximum Gasteiger partial charge on any atom is 0.264 e. The number of nitrogens with zero attached hydrogens (tertiary/aromatic N) is 8. The van der Waals surface area contributed by atoms with Crippen LogP contribution < -0.4 is 10.5 Å². The number of amides is 1. The molecule has 4 aromatic rings. The van der Waals surface area contributed by atoms with Crippen LogP contribution in [0.4, 0.5) is 10.2 Å². The third-order valence-corrected chi connectivity index (χ3v) is 9.61. The number of carbonyl (C=O) groups excluding carboxylic acids is 1. The van der Waals surface area contributed by atoms with Crippen molar-refractivity contribution in [3.8, 4) is 28.8 Å². The zero-order valence-electron chi connectivity index (χ0n) is 28.9. The minimum atomic E-state index is -0.532. The summed E-state index contributed by atoms with van der Waals surface area (Å²) in [7, 11) is 0. The van der Waals surface area contributed by atoms with Crippen molar-refractivity contribution < 1.29 is 13.9 Å². The lowest BCUT2D eigenvalue weighted by Gasteiger charge is -2.47. The van der Waals surface area contributed by atoms with Gasteiger partial charge >= 0.3 is 0 Å². The standard InChI is InChI=1S/C37H44FN9O2/c1-36(2,3)45-16-18-46(19-17-45)37(4,5)21-25(22-39)35(48)44-15-9-10-26(23-44)47-34-31(33(40)41-24-42-34)32(43-47)29-14-13-28(20-30(29)38)49-27-11-7-6-8-12-27/h6-8,11-14,20-21,24,26H,9-10,15-19,23H2,1-5H3,(H2,40,41,42)/b25-21+/t26-/m0/s1. The smallest absolute Gasteiger partial charge is 0.264 e. The largest absolute Gasteiger partial charge is 0.457 e. The fourth-order valence-electron chi connectivity index (χ4n) is 6.86. The number of ether oxygens (including phenoxy) is 1. The quantitative estimate of drug-likeness (QED) is 0.192. The van der Waals surface area contributed by atoms with Crippen molar-refractivity contribution in [3.05, 3.63) is 72.3 Å². The van der Waals surface area contributed by atoms with Crippen molar-refractivity contribution in [2.45, 2.75) is 64.6 Å². The van der Waals surface area contributed by atoms with Gasteiger partial charge < -0.3 is 15.4 Å². The van der Waals surface area contributed by atoms with E-state index >= 15 is 4.39 Å². The molecule has 2 fully saturated rings. The molecule has 1 amide bonds. The van der Waals surface area contributed by atoms with Gasteiger partial charge in [0.1, 0.15) is 46.8 Å². The Morgan fingerprint density at radius 1 is 1.00 bits per heavy atom. The number of carbonyl (C=O) groups is 1. The van der Waals surface area contributed by atoms with Crippen molar-refractivity contribution in [1.82, 2.24) is 34.4 Å². The minimum absolute atomic E-state index is 0.0966. The van der Waals surface area contributed by atoms with Crippen LogP contribution in [0.15, 0.2) is 66.5 Å². The highest BCUT2D eigenvalue weighted by Crippen LogP contribution is 2.36. The van der Waals surface area contributed by atoms with Gasteiger partial charge in [0.05, 0.1) is 11.4 Å². The lowest BCUT2D eigenvalue weighted by Crippen LogP contribution is -2.58. The Hall–Kier alpha value is -4.86. The second-order valence-corrected chi connectivity index (χ2v) is 14.3. The summed E-state index contributed by atoms with van der Waals surface area (Å²) in [6.07, 6.45) is 4.59. The Balaban J connectivity index is 1.24. The SMILES string of the molecule is CC(C)(C)N1CCN(C(C)(C)/C=C(\C#N)C(=O)N2CCC[C@H](n3nc(-c4ccc(Oc5ccccc5)cc4F)c4c(N)ncnc43)C2)CC1. The molecule has 1 atom stereocenters. The first-order valence-electron chi connectivity index (χ1n) is 16.8. The summed E-state index contributed by atoms with van der Waals surface area (Å²) in [6, 6.07) is 15.7. The predicted molar refractivity (Wildman–Crippen MR) is 187 cm³/mol. The minimum Gasteiger partial charge on any atom is -0.457 e. The van der Waals surface area contributed by atoms with Crippen molar-refractivity contribution >= 4 is 22.8 Å². The molecular weight excluding hydrogens is 621 g/mol. The number of hydrogen-bond acceptors (Lipinski definition) is 9. The molecule has 4 heterocycles. The molecule has 2 aliphatic rings. The number of rotatable bonds is 7. The highest BCUT2D eigenvalue weighted by Gasteiger charge is 2.35. The van der Waals surface area contributed by atoms with Gasteiger partial charge in [0.2, 0.25) is 0 Å². The van der Waals surface area contributed by atoms with Crippen LogP contribution in [0.3, 0.4) is 0 Å². The van der Waals surface area contributed by atoms with Gasteiger partial charge in [0.25, 0.3) is 5.91 Å². The molecule has 0 spiro atoms. The van der Waals surface area contributed by atoms with Gasteiger partial charge in [0, 0.05) is 62.0 Å². The van der Waals surface area contributed by atoms with Gasteiger partial charge in [-0.25, -0.2) is 19.0 Å². The highest BCUT2D eigenvalue weighted by molar-refractivity contribution is 5.99. The first-order chi connectivity index (χ1) is 23.4. The summed E-state index contributed by atoms with van der Waals surface area (Å²) in [6.45, 7) is 15.2. The van der Waals surface area contributed by atoms with Crippen LogP contribution in [0, 0.1) is 17.1 Å². The number of fused-ring (bicyclic) bond motifs is 1. The lowest BCUT2D eigenvalue weighted by molar-refractivity contribution is -0.128. The predicted octanol–water partition coefficient (Wildman–Crippen LogP) is 5.82. The van der Waals surface area contributed by atoms with Crippen LogP contribution in [-0.2, 0) is 4.79 Å². The van der Waals surface area contributed by atoms with Crippen molar-refractivity contribution in [2.75, 3.05) is 45.0 Å². The van der Waals surface area contributed by atoms with E-state index < -0.39 is 11.4 Å². The number of aromatic nitrogens is 4. The normalized spacial score (nSPS) is 18.4. The molecule has 0 aliphatic carbocycles. The molecule has 2 aromatic heterocycles. The Morgan fingerprint density at radius 2 is 1.71 bits per heavy atom. The number of nitrogens with two attached hydrogens (primary N) is 1. The number of likely N-dealkylation sites (tertiary alicyclic amines) is 1. The first-order valence-corrected chi connectivity index (χ1v) is 16.8. The fourth-order valence-corrected chi connectivity index (χ4v) is 6.86. The average Bonchev–Trinajstić information content (AvgIpc) is 3.48. The van der Waals surface area contributed by atoms with E-state index in [0.717, 1.165) is 26.2 Å². The van der Waals surface area contributed by atoms with Crippen LogP contribution >= 0.6 is 0 Å². The van der Waals surface area contributed by atoms with Gasteiger partial charge in [-0.1, -0.05) is 18.2 Å². The number of piperazine rings is 1. The summed E-state index contributed by atoms with van der Waals surface area (Å²) in [4.78, 5) is 29.0. The molecule has 49 heavy (non-hydrogen) atoms. The summed E-state index contributed by atoms with van der Waals surface area (Å²) < 4.78 is 23.2. The van der Waals surface area contributed by atoms with Gasteiger partial charge in [-0.2, -0.15) is 10.4 Å². The Morgan fingerprint density at radius 3 is 2.39 bits per heavy atom. The molecule has 2 aromatic carbocycles. The van der Waals surface area contributed by atoms with E-state index in [-0.39, 0.29) is 34.4 Å². The maximum absolute atomic E-state index is 15.7. The van der Waals surface area contributed by atoms with Gasteiger partial charge in [0.15, 0.2) is 5.65 Å². The third kappa shape index (κ3) is 7.14. The van der Waals surface area contributed by atoms with Crippen molar-refractivity contribution in [3.63, 3.8) is 0 Å². The van der Waals surface area contributed by atoms with Crippen molar-refractivity contribution in [2.24, 2.45) is 0 Å². The molecule has 0 bridgehead atoms. The fraction of sp³-hybridized carbons (Fsp3) is 0.432. The summed E-state index contributed by atoms with van der Waals surface area (Å²) in [5.74, 6) is 0.280. The number of halogens is 1. The Bertz CT molecular complexity index is 1900. The topological polar surface area (TPSA) is 129 Å². The lowest BCUT2D eigenvalue weighted by atomic mass is 9.96. The molecule has 12 heteroatoms. The first kappa shape index (κ1) is 34.0. The number of hydrogen-bond donors (Lipinski definition) is 1. The monoisotopic (exact) mass is 665 g/mol. The van der Waals surface area contributed by atoms with E-state index in [1.807, 2.05) is 24.3 Å². The molecular formula is C37H44FN9O2. The number of piperidine rings is 1. The van der Waals surface area contributed by atoms with Gasteiger partial charge in [-0.15, -0.1) is 0 Å². The second kappa shape index (κ2) is 13.6. The van der Waals surface area contributed by atoms with E-state index in [2.05, 4.69) is 60.5 Å². The zero-order chi connectivity index (χ0) is 34.9. The van der Waals surface area contributed by atoms with E-state index in [1.165, 1.54) is 12.4 Å². The van der Waals surface area contributed by atoms with Crippen molar-refractivity contribution in [1.29, 1.82) is 5.26 Å². The Kier molecular flexibility index (Phi) is 9.42. The molecule has 2 saturated heterocycles. The van der Waals surface area contributed by atoms with Gasteiger partial charge in [-0.3, -0.25) is 14.6 Å². The van der Waals surface area contributed by atoms with Crippen LogP contribution in [0.1, 0.15) is 53.5 Å². The molecule has 0 saturated carbocycles. The van der Waals surface area contributed by atoms with Crippen LogP contribution in [0.25, 0.3) is 22.3 Å². The molecule has 11 nitrogen and oxygen atoms in total. The van der Waals surface area contributed by atoms with E-state index in [1.54, 1.807) is 33.8 Å². The average molecular weight is 666 g/mol. The number of anilines is 1. The number of nitrogen functional groups attached to an aromatic ring is 1. The molecule has 0 radical (unpaired) electrons. The highest BCUT2D eigenvalue weighted by atomic mass is 19.1. The molecule has 0 unspecified atom stereocenters. The third-order valence-electron chi connectivity index (χ3n) is 9.61. The summed E-state index contributed by atoms with van der Waals surface area (Å²) >= 11 is 0. The van der Waals surface area contributed by atoms with E-state index in [9.17, 15) is 10.1 Å². The van der Waals surface area contributed by atoms with E-state index in [4.69, 9.17) is 15.6 Å². The molecule has 256 valence electrons. The molecule has 2 aliphatic heterocycles. The van der Waals surface area contributed by atoms with Crippen LogP contribution in [0.2, 0.25) is 0 Å². The number of nitriles is 1. The van der Waals surface area contributed by atoms with Crippen LogP contribution in [0.5, 0.6) is 11.5 Å². The van der Waals surface area contributed by atoms with Gasteiger partial charge in [-0.05, 0) is 77.8 Å². The molecule has 6 rings (SSSR count). The summed E-state index contributed by atoms with van der Waals surface area (Å²) in [5, 5.41) is 15.4. The molecule has 2 N–H and O–H groups in total. The Labute approximate surface area is 286 Å². The maximum atomic E-state index is 15.7. The summed E-state index contributed by atoms with van der Waals surface area (Å²) in [5.41, 5.74) is 7.08. The van der Waals surface area contributed by atoms with Crippen LogP contribution in [-0.4, -0.2) is 90.7 Å².